The van der Waals surface area contributed by atoms with Crippen LogP contribution in [0.15, 0.2) is 29.1 Å². The monoisotopic (exact) mass is 263 g/mol. The van der Waals surface area contributed by atoms with Gasteiger partial charge in [-0.15, -0.1) is 4.91 Å². The van der Waals surface area contributed by atoms with Crippen molar-refractivity contribution < 1.29 is 19.1 Å². The van der Waals surface area contributed by atoms with Crippen LogP contribution in [0.3, 0.4) is 0 Å². The fourth-order valence-corrected chi connectivity index (χ4v) is 1.71. The summed E-state index contributed by atoms with van der Waals surface area (Å²) in [7, 11) is 0. The zero-order chi connectivity index (χ0) is 13.8. The van der Waals surface area contributed by atoms with Gasteiger partial charge in [0, 0.05) is 5.56 Å². The van der Waals surface area contributed by atoms with Gasteiger partial charge in [0.25, 0.3) is 0 Å². The van der Waals surface area contributed by atoms with Crippen molar-refractivity contribution in [1.29, 1.82) is 0 Å². The first-order valence-electron chi connectivity index (χ1n) is 5.78. The van der Waals surface area contributed by atoms with E-state index in [1.54, 1.807) is 24.3 Å². The molecule has 1 heterocycles. The number of nitrogens with zero attached hydrogens (tertiary/aromatic N) is 1. The smallest absolute Gasteiger partial charge is 0.368 e. The first kappa shape index (κ1) is 13.1. The molecule has 0 saturated carbocycles. The van der Waals surface area contributed by atoms with E-state index in [9.17, 15) is 9.70 Å². The Morgan fingerprint density at radius 3 is 2.89 bits per heavy atom. The maximum absolute atomic E-state index is 11.4. The molecule has 0 aliphatic carbocycles. The topological polar surface area (TPSA) is 74.2 Å². The quantitative estimate of drug-likeness (QED) is 0.616. The third kappa shape index (κ3) is 3.09. The molecule has 0 radical (unpaired) electrons. The first-order valence-corrected chi connectivity index (χ1v) is 5.78. The SMILES string of the molecule is CC(C)Oc1ccc2c(c1)C=C(C(=O)ON=O)CO2. The van der Waals surface area contributed by atoms with E-state index in [1.807, 2.05) is 13.8 Å². The van der Waals surface area contributed by atoms with Gasteiger partial charge < -0.3 is 9.47 Å². The second-order valence-electron chi connectivity index (χ2n) is 4.28. The minimum absolute atomic E-state index is 0.0474. The maximum Gasteiger partial charge on any atom is 0.368 e. The zero-order valence-corrected chi connectivity index (χ0v) is 10.6. The summed E-state index contributed by atoms with van der Waals surface area (Å²) in [6.45, 7) is 3.89. The van der Waals surface area contributed by atoms with Crippen LogP contribution >= 0.6 is 0 Å². The minimum Gasteiger partial charge on any atom is -0.491 e. The predicted octanol–water partition coefficient (Wildman–Crippen LogP) is 2.47. The summed E-state index contributed by atoms with van der Waals surface area (Å²) in [5, 5.41) is 2.10. The second kappa shape index (κ2) is 5.51. The van der Waals surface area contributed by atoms with Crippen LogP contribution in [0.1, 0.15) is 19.4 Å². The number of hydrogen-bond acceptors (Lipinski definition) is 6. The molecule has 0 saturated heterocycles. The van der Waals surface area contributed by atoms with Crippen molar-refractivity contribution in [3.8, 4) is 11.5 Å². The highest BCUT2D eigenvalue weighted by molar-refractivity contribution is 5.95. The first-order chi connectivity index (χ1) is 9.10. The van der Waals surface area contributed by atoms with E-state index in [1.165, 1.54) is 0 Å². The van der Waals surface area contributed by atoms with E-state index in [-0.39, 0.29) is 18.3 Å². The standard InChI is InChI=1S/C13H13NO5/c1-8(2)18-11-3-4-12-9(6-11)5-10(7-17-12)13(15)19-14-16/h3-6,8H,7H2,1-2H3. The van der Waals surface area contributed by atoms with Gasteiger partial charge in [0.15, 0.2) is 5.34 Å². The van der Waals surface area contributed by atoms with Gasteiger partial charge in [0.1, 0.15) is 18.1 Å². The lowest BCUT2D eigenvalue weighted by Crippen LogP contribution is -2.15. The molecule has 2 rings (SSSR count). The third-order valence-electron chi connectivity index (χ3n) is 2.45. The number of ether oxygens (including phenoxy) is 2. The maximum atomic E-state index is 11.4. The van der Waals surface area contributed by atoms with Gasteiger partial charge in [0.05, 0.1) is 11.7 Å². The van der Waals surface area contributed by atoms with Crippen molar-refractivity contribution >= 4 is 12.0 Å². The van der Waals surface area contributed by atoms with Crippen LogP contribution in [0.2, 0.25) is 0 Å². The van der Waals surface area contributed by atoms with Crippen LogP contribution in [0.25, 0.3) is 6.08 Å². The summed E-state index contributed by atoms with van der Waals surface area (Å²) >= 11 is 0. The predicted molar refractivity (Wildman–Crippen MR) is 67.6 cm³/mol. The Labute approximate surface area is 109 Å². The highest BCUT2D eigenvalue weighted by Crippen LogP contribution is 2.30. The molecule has 0 unspecified atom stereocenters. The lowest BCUT2D eigenvalue weighted by Gasteiger charge is -2.17. The molecule has 0 aromatic heterocycles. The lowest BCUT2D eigenvalue weighted by molar-refractivity contribution is -0.139. The molecule has 1 aliphatic heterocycles. The van der Waals surface area contributed by atoms with Crippen molar-refractivity contribution in [2.24, 2.45) is 5.34 Å². The summed E-state index contributed by atoms with van der Waals surface area (Å²) in [5.74, 6) is 0.513. The Bertz CT molecular complexity index is 536. The molecule has 0 bridgehead atoms. The molecule has 0 N–H and O–H groups in total. The van der Waals surface area contributed by atoms with E-state index in [0.717, 1.165) is 0 Å². The molecular formula is C13H13NO5. The number of fused-ring (bicyclic) bond motifs is 1. The van der Waals surface area contributed by atoms with Gasteiger partial charge in [-0.25, -0.2) is 4.79 Å². The molecule has 19 heavy (non-hydrogen) atoms. The van der Waals surface area contributed by atoms with Crippen LogP contribution in [0.4, 0.5) is 0 Å². The average Bonchev–Trinajstić information content (AvgIpc) is 2.37. The van der Waals surface area contributed by atoms with Gasteiger partial charge in [-0.2, -0.15) is 0 Å². The highest BCUT2D eigenvalue weighted by Gasteiger charge is 2.19. The number of carbonyl (C=O) groups is 1. The molecule has 0 atom stereocenters. The molecule has 6 heteroatoms. The lowest BCUT2D eigenvalue weighted by atomic mass is 10.1. The molecule has 100 valence electrons. The van der Waals surface area contributed by atoms with Gasteiger partial charge >= 0.3 is 5.97 Å². The van der Waals surface area contributed by atoms with Gasteiger partial charge in [-0.1, -0.05) is 0 Å². The second-order valence-corrected chi connectivity index (χ2v) is 4.28. The van der Waals surface area contributed by atoms with Crippen molar-refractivity contribution in [1.82, 2.24) is 0 Å². The Morgan fingerprint density at radius 1 is 1.42 bits per heavy atom. The molecule has 0 spiro atoms. The van der Waals surface area contributed by atoms with Gasteiger partial charge in [-0.3, -0.25) is 4.84 Å². The molecule has 1 aliphatic rings. The van der Waals surface area contributed by atoms with Crippen LogP contribution in [0, 0.1) is 4.91 Å². The number of carbonyl (C=O) groups excluding carboxylic acids is 1. The Kier molecular flexibility index (Phi) is 3.79. The Morgan fingerprint density at radius 2 is 2.21 bits per heavy atom. The third-order valence-corrected chi connectivity index (χ3v) is 2.45. The van der Waals surface area contributed by atoms with Crippen molar-refractivity contribution in [3.05, 3.63) is 34.2 Å². The van der Waals surface area contributed by atoms with E-state index in [2.05, 4.69) is 10.2 Å². The van der Waals surface area contributed by atoms with Crippen LogP contribution in [-0.4, -0.2) is 18.7 Å². The zero-order valence-electron chi connectivity index (χ0n) is 10.6. The summed E-state index contributed by atoms with van der Waals surface area (Å²) < 4.78 is 10.9. The largest absolute Gasteiger partial charge is 0.491 e. The number of rotatable bonds is 4. The van der Waals surface area contributed by atoms with Gasteiger partial charge in [0.2, 0.25) is 0 Å². The van der Waals surface area contributed by atoms with Crippen molar-refractivity contribution in [2.45, 2.75) is 20.0 Å². The normalized spacial score (nSPS) is 13.1. The van der Waals surface area contributed by atoms with E-state index < -0.39 is 5.97 Å². The minimum atomic E-state index is -0.809. The number of hydrogen-bond donors (Lipinski definition) is 0. The molecule has 6 nitrogen and oxygen atoms in total. The molecule has 0 fully saturated rings. The van der Waals surface area contributed by atoms with E-state index >= 15 is 0 Å². The molecular weight excluding hydrogens is 250 g/mol. The molecule has 1 aromatic carbocycles. The van der Waals surface area contributed by atoms with Crippen molar-refractivity contribution in [3.63, 3.8) is 0 Å². The summed E-state index contributed by atoms with van der Waals surface area (Å²) in [4.78, 5) is 25.3. The number of benzene rings is 1. The average molecular weight is 263 g/mol. The van der Waals surface area contributed by atoms with E-state index in [4.69, 9.17) is 9.47 Å². The fraction of sp³-hybridized carbons (Fsp3) is 0.308. The van der Waals surface area contributed by atoms with Crippen molar-refractivity contribution in [2.75, 3.05) is 6.61 Å². The van der Waals surface area contributed by atoms with Crippen LogP contribution < -0.4 is 9.47 Å². The Hall–Kier alpha value is -2.37. The summed E-state index contributed by atoms with van der Waals surface area (Å²) in [6, 6.07) is 5.32. The van der Waals surface area contributed by atoms with Crippen LogP contribution in [0.5, 0.6) is 11.5 Å². The Balaban J connectivity index is 2.26. The van der Waals surface area contributed by atoms with Crippen LogP contribution in [-0.2, 0) is 9.63 Å². The molecule has 1 aromatic rings. The highest BCUT2D eigenvalue weighted by atomic mass is 16.7. The van der Waals surface area contributed by atoms with Gasteiger partial charge in [-0.05, 0) is 38.1 Å². The fourth-order valence-electron chi connectivity index (χ4n) is 1.71. The summed E-state index contributed by atoms with van der Waals surface area (Å²) in [5.41, 5.74) is 0.927. The van der Waals surface area contributed by atoms with E-state index in [0.29, 0.717) is 17.1 Å². The molecule has 0 amide bonds. The summed E-state index contributed by atoms with van der Waals surface area (Å²) in [6.07, 6.45) is 1.65.